The number of aliphatic hydroxyl groups is 1. The van der Waals surface area contributed by atoms with Gasteiger partial charge in [0.05, 0.1) is 0 Å². The number of amides is 2. The molecule has 1 aromatic rings. The third-order valence-electron chi connectivity index (χ3n) is 3.84. The second kappa shape index (κ2) is 6.19. The van der Waals surface area contributed by atoms with Crippen LogP contribution < -0.4 is 0 Å². The maximum absolute atomic E-state index is 12.7. The highest BCUT2D eigenvalue weighted by atomic mass is 19.4. The van der Waals surface area contributed by atoms with Crippen LogP contribution in [0.25, 0.3) is 0 Å². The Morgan fingerprint density at radius 2 is 1.48 bits per heavy atom. The van der Waals surface area contributed by atoms with Crippen LogP contribution in [0.4, 0.5) is 13.2 Å². The fourth-order valence-electron chi connectivity index (χ4n) is 2.31. The monoisotopic (exact) mass is 330 g/mol. The van der Waals surface area contributed by atoms with Crippen molar-refractivity contribution in [1.29, 1.82) is 0 Å². The minimum Gasteiger partial charge on any atom is -0.373 e. The molecule has 1 saturated heterocycles. The van der Waals surface area contributed by atoms with Crippen molar-refractivity contribution in [3.63, 3.8) is 0 Å². The first-order valence-corrected chi connectivity index (χ1v) is 7.07. The van der Waals surface area contributed by atoms with Crippen LogP contribution in [-0.4, -0.2) is 64.7 Å². The van der Waals surface area contributed by atoms with Gasteiger partial charge in [-0.15, -0.1) is 0 Å². The number of piperazine rings is 1. The summed E-state index contributed by atoms with van der Waals surface area (Å²) in [5.74, 6) is -1.63. The van der Waals surface area contributed by atoms with Crippen molar-refractivity contribution in [3.05, 3.63) is 35.9 Å². The summed E-state index contributed by atoms with van der Waals surface area (Å²) in [6.45, 7) is 0.574. The Labute approximate surface area is 131 Å². The highest BCUT2D eigenvalue weighted by Gasteiger charge is 2.57. The van der Waals surface area contributed by atoms with Gasteiger partial charge >= 0.3 is 6.18 Å². The van der Waals surface area contributed by atoms with Crippen molar-refractivity contribution < 1.29 is 27.9 Å². The van der Waals surface area contributed by atoms with Gasteiger partial charge in [-0.05, 0) is 19.1 Å². The van der Waals surface area contributed by atoms with Gasteiger partial charge in [-0.2, -0.15) is 13.2 Å². The molecule has 8 heteroatoms. The molecule has 1 aliphatic rings. The quantitative estimate of drug-likeness (QED) is 0.889. The molecule has 1 heterocycles. The van der Waals surface area contributed by atoms with E-state index in [2.05, 4.69) is 0 Å². The van der Waals surface area contributed by atoms with Gasteiger partial charge in [0.1, 0.15) is 0 Å². The van der Waals surface area contributed by atoms with Crippen molar-refractivity contribution in [3.8, 4) is 0 Å². The molecule has 1 aliphatic heterocycles. The van der Waals surface area contributed by atoms with E-state index in [1.807, 2.05) is 0 Å². The first-order valence-electron chi connectivity index (χ1n) is 7.07. The molecule has 5 nitrogen and oxygen atoms in total. The molecule has 0 radical (unpaired) electrons. The summed E-state index contributed by atoms with van der Waals surface area (Å²) in [4.78, 5) is 26.5. The van der Waals surface area contributed by atoms with E-state index in [-0.39, 0.29) is 32.1 Å². The Bertz CT molecular complexity index is 579. The Hall–Kier alpha value is -2.09. The molecule has 1 aromatic carbocycles. The van der Waals surface area contributed by atoms with Crippen LogP contribution in [0.1, 0.15) is 17.3 Å². The molecule has 126 valence electrons. The fraction of sp³-hybridized carbons (Fsp3) is 0.467. The molecule has 0 aromatic heterocycles. The maximum atomic E-state index is 12.7. The normalized spacial score (nSPS) is 18.5. The standard InChI is InChI=1S/C15H17F3N2O3/c1-14(23,15(16,17)18)13(22)20-9-7-19(8-10-20)12(21)11-5-3-2-4-6-11/h2-6,23H,7-10H2,1H3. The number of carbonyl (C=O) groups is 2. The number of rotatable bonds is 2. The largest absolute Gasteiger partial charge is 0.426 e. The van der Waals surface area contributed by atoms with Crippen molar-refractivity contribution >= 4 is 11.8 Å². The van der Waals surface area contributed by atoms with Gasteiger partial charge in [-0.25, -0.2) is 0 Å². The molecule has 1 N–H and O–H groups in total. The van der Waals surface area contributed by atoms with Gasteiger partial charge in [0, 0.05) is 31.7 Å². The minimum absolute atomic E-state index is 0.0519. The number of nitrogens with zero attached hydrogens (tertiary/aromatic N) is 2. The van der Waals surface area contributed by atoms with Gasteiger partial charge < -0.3 is 14.9 Å². The molecule has 0 spiro atoms. The molecule has 0 aliphatic carbocycles. The molecular formula is C15H17F3N2O3. The van der Waals surface area contributed by atoms with E-state index in [0.29, 0.717) is 12.5 Å². The second-order valence-corrected chi connectivity index (χ2v) is 5.52. The lowest BCUT2D eigenvalue weighted by molar-refractivity contribution is -0.250. The first kappa shape index (κ1) is 17.3. The summed E-state index contributed by atoms with van der Waals surface area (Å²) in [5, 5.41) is 9.43. The lowest BCUT2D eigenvalue weighted by Crippen LogP contribution is -2.60. The number of benzene rings is 1. The van der Waals surface area contributed by atoms with Crippen LogP contribution in [0.15, 0.2) is 30.3 Å². The lowest BCUT2D eigenvalue weighted by atomic mass is 10.0. The van der Waals surface area contributed by atoms with E-state index >= 15 is 0 Å². The van der Waals surface area contributed by atoms with Crippen LogP contribution in [0.5, 0.6) is 0 Å². The Morgan fingerprint density at radius 3 is 1.96 bits per heavy atom. The summed E-state index contributed by atoms with van der Waals surface area (Å²) in [5.41, 5.74) is -2.94. The summed E-state index contributed by atoms with van der Waals surface area (Å²) < 4.78 is 38.1. The molecule has 1 atom stereocenters. The first-order chi connectivity index (χ1) is 10.6. The van der Waals surface area contributed by atoms with E-state index < -0.39 is 17.7 Å². The number of alkyl halides is 3. The molecule has 2 rings (SSSR count). The van der Waals surface area contributed by atoms with Gasteiger partial charge in [0.15, 0.2) is 0 Å². The highest BCUT2D eigenvalue weighted by Crippen LogP contribution is 2.31. The third-order valence-corrected chi connectivity index (χ3v) is 3.84. The van der Waals surface area contributed by atoms with Crippen molar-refractivity contribution in [2.45, 2.75) is 18.7 Å². The summed E-state index contributed by atoms with van der Waals surface area (Å²) in [7, 11) is 0. The highest BCUT2D eigenvalue weighted by molar-refractivity contribution is 5.94. The second-order valence-electron chi connectivity index (χ2n) is 5.52. The van der Waals surface area contributed by atoms with Crippen molar-refractivity contribution in [2.24, 2.45) is 0 Å². The zero-order valence-electron chi connectivity index (χ0n) is 12.5. The fourth-order valence-corrected chi connectivity index (χ4v) is 2.31. The Balaban J connectivity index is 1.99. The van der Waals surface area contributed by atoms with E-state index in [0.717, 1.165) is 4.90 Å². The minimum atomic E-state index is -5.04. The Kier molecular flexibility index (Phi) is 4.65. The van der Waals surface area contributed by atoms with E-state index in [9.17, 15) is 27.9 Å². The predicted octanol–water partition coefficient (Wildman–Crippen LogP) is 1.28. The molecular weight excluding hydrogens is 313 g/mol. The maximum Gasteiger partial charge on any atom is 0.426 e. The van der Waals surface area contributed by atoms with E-state index in [1.165, 1.54) is 4.90 Å². The van der Waals surface area contributed by atoms with Crippen molar-refractivity contribution in [2.75, 3.05) is 26.2 Å². The molecule has 0 bridgehead atoms. The van der Waals surface area contributed by atoms with E-state index in [4.69, 9.17) is 0 Å². The summed E-state index contributed by atoms with van der Waals surface area (Å²) >= 11 is 0. The molecule has 0 saturated carbocycles. The third kappa shape index (κ3) is 3.47. The molecule has 2 amide bonds. The summed E-state index contributed by atoms with van der Waals surface area (Å²) in [6.07, 6.45) is -5.04. The van der Waals surface area contributed by atoms with Crippen LogP contribution in [0.2, 0.25) is 0 Å². The topological polar surface area (TPSA) is 60.9 Å². The van der Waals surface area contributed by atoms with Gasteiger partial charge in [-0.3, -0.25) is 9.59 Å². The average Bonchev–Trinajstić information content (AvgIpc) is 2.53. The van der Waals surface area contributed by atoms with Crippen LogP contribution in [-0.2, 0) is 4.79 Å². The van der Waals surface area contributed by atoms with Gasteiger partial charge in [-0.1, -0.05) is 18.2 Å². The zero-order chi connectivity index (χ0) is 17.3. The molecule has 23 heavy (non-hydrogen) atoms. The van der Waals surface area contributed by atoms with Gasteiger partial charge in [0.2, 0.25) is 5.60 Å². The lowest BCUT2D eigenvalue weighted by Gasteiger charge is -2.38. The van der Waals surface area contributed by atoms with Crippen LogP contribution >= 0.6 is 0 Å². The molecule has 1 unspecified atom stereocenters. The summed E-state index contributed by atoms with van der Waals surface area (Å²) in [6, 6.07) is 8.50. The Morgan fingerprint density at radius 1 is 1.00 bits per heavy atom. The SMILES string of the molecule is CC(O)(C(=O)N1CCN(C(=O)c2ccccc2)CC1)C(F)(F)F. The van der Waals surface area contributed by atoms with Crippen molar-refractivity contribution in [1.82, 2.24) is 9.80 Å². The van der Waals surface area contributed by atoms with E-state index in [1.54, 1.807) is 30.3 Å². The number of hydrogen-bond acceptors (Lipinski definition) is 3. The van der Waals surface area contributed by atoms with Crippen LogP contribution in [0.3, 0.4) is 0 Å². The number of hydrogen-bond donors (Lipinski definition) is 1. The van der Waals surface area contributed by atoms with Gasteiger partial charge in [0.25, 0.3) is 11.8 Å². The smallest absolute Gasteiger partial charge is 0.373 e. The average molecular weight is 330 g/mol. The number of carbonyl (C=O) groups excluding carboxylic acids is 2. The number of halogens is 3. The predicted molar refractivity (Wildman–Crippen MR) is 75.6 cm³/mol. The molecule has 1 fully saturated rings. The zero-order valence-corrected chi connectivity index (χ0v) is 12.5. The van der Waals surface area contributed by atoms with Crippen LogP contribution in [0, 0.1) is 0 Å².